The first kappa shape index (κ1) is 17.8. The lowest BCUT2D eigenvalue weighted by molar-refractivity contribution is -0.136. The van der Waals surface area contributed by atoms with Crippen LogP contribution in [-0.2, 0) is 11.2 Å². The Morgan fingerprint density at radius 3 is 2.36 bits per heavy atom. The van der Waals surface area contributed by atoms with Gasteiger partial charge in [0, 0.05) is 18.3 Å². The van der Waals surface area contributed by atoms with E-state index in [1.165, 1.54) is 19.2 Å². The number of phenolic OH excluding ortho intramolecular Hbond substituents is 2. The molecule has 0 aliphatic rings. The van der Waals surface area contributed by atoms with Gasteiger partial charge in [0.25, 0.3) is 5.91 Å². The maximum absolute atomic E-state index is 12.3. The van der Waals surface area contributed by atoms with Crippen molar-refractivity contribution in [2.24, 2.45) is 0 Å². The molecule has 8 heteroatoms. The van der Waals surface area contributed by atoms with E-state index < -0.39 is 23.7 Å². The lowest BCUT2D eigenvalue weighted by Crippen LogP contribution is -2.36. The highest BCUT2D eigenvalue weighted by atomic mass is 16.4. The standard InChI is InChI=1S/C17H16N2O6/c1-19(16(24)11-6-7-13(20)14(21)8-11)17(25)18-12-5-3-2-4-10(12)9-15(22)23/h2-8,20-21H,9H2,1H3,(H,18,25)(H,22,23). The van der Waals surface area contributed by atoms with Gasteiger partial charge < -0.3 is 20.6 Å². The Hall–Kier alpha value is -3.55. The molecule has 0 aromatic heterocycles. The average molecular weight is 344 g/mol. The van der Waals surface area contributed by atoms with Gasteiger partial charge in [-0.2, -0.15) is 0 Å². The molecule has 8 nitrogen and oxygen atoms in total. The Kier molecular flexibility index (Phi) is 5.23. The summed E-state index contributed by atoms with van der Waals surface area (Å²) in [5, 5.41) is 30.1. The number of carboxylic acid groups (broad SMARTS) is 1. The summed E-state index contributed by atoms with van der Waals surface area (Å²) in [5.41, 5.74) is 0.682. The number of aromatic hydroxyl groups is 2. The summed E-state index contributed by atoms with van der Waals surface area (Å²) in [6, 6.07) is 9.03. The Labute approximate surface area is 142 Å². The number of hydrogen-bond donors (Lipinski definition) is 4. The molecule has 0 fully saturated rings. The summed E-state index contributed by atoms with van der Waals surface area (Å²) < 4.78 is 0. The topological polar surface area (TPSA) is 127 Å². The van der Waals surface area contributed by atoms with Crippen molar-refractivity contribution in [3.05, 3.63) is 53.6 Å². The molecule has 2 aromatic carbocycles. The Morgan fingerprint density at radius 2 is 1.72 bits per heavy atom. The number of carboxylic acids is 1. The number of carbonyl (C=O) groups is 3. The van der Waals surface area contributed by atoms with E-state index in [1.54, 1.807) is 18.2 Å². The number of para-hydroxylation sites is 1. The number of urea groups is 1. The number of aliphatic carboxylic acids is 1. The molecule has 0 aliphatic carbocycles. The van der Waals surface area contributed by atoms with Crippen LogP contribution in [0.15, 0.2) is 42.5 Å². The Bertz CT molecular complexity index is 834. The van der Waals surface area contributed by atoms with E-state index >= 15 is 0 Å². The maximum atomic E-state index is 12.3. The number of nitrogens with one attached hydrogen (secondary N) is 1. The fourth-order valence-electron chi connectivity index (χ4n) is 2.10. The smallest absolute Gasteiger partial charge is 0.328 e. The summed E-state index contributed by atoms with van der Waals surface area (Å²) in [7, 11) is 1.24. The number of phenols is 2. The van der Waals surface area contributed by atoms with Crippen LogP contribution in [0.4, 0.5) is 10.5 Å². The highest BCUT2D eigenvalue weighted by molar-refractivity contribution is 6.08. The molecule has 25 heavy (non-hydrogen) atoms. The second-order valence-electron chi connectivity index (χ2n) is 5.23. The summed E-state index contributed by atoms with van der Waals surface area (Å²) in [5.74, 6) is -2.62. The van der Waals surface area contributed by atoms with Crippen molar-refractivity contribution in [2.45, 2.75) is 6.42 Å². The van der Waals surface area contributed by atoms with Gasteiger partial charge in [-0.3, -0.25) is 14.5 Å². The zero-order valence-electron chi connectivity index (χ0n) is 13.3. The largest absolute Gasteiger partial charge is 0.504 e. The normalized spacial score (nSPS) is 10.1. The molecule has 3 amide bonds. The second-order valence-corrected chi connectivity index (χ2v) is 5.23. The molecule has 2 aromatic rings. The zero-order valence-corrected chi connectivity index (χ0v) is 13.3. The highest BCUT2D eigenvalue weighted by Crippen LogP contribution is 2.25. The molecule has 0 aliphatic heterocycles. The first-order valence-electron chi connectivity index (χ1n) is 7.20. The summed E-state index contributed by atoms with van der Waals surface area (Å²) in [6.45, 7) is 0. The van der Waals surface area contributed by atoms with Crippen molar-refractivity contribution in [3.63, 3.8) is 0 Å². The van der Waals surface area contributed by atoms with Crippen molar-refractivity contribution in [2.75, 3.05) is 12.4 Å². The van der Waals surface area contributed by atoms with Crippen LogP contribution < -0.4 is 5.32 Å². The van der Waals surface area contributed by atoms with Gasteiger partial charge in [-0.15, -0.1) is 0 Å². The first-order valence-corrected chi connectivity index (χ1v) is 7.20. The van der Waals surface area contributed by atoms with Gasteiger partial charge in [-0.05, 0) is 29.8 Å². The van der Waals surface area contributed by atoms with Crippen LogP contribution in [0.2, 0.25) is 0 Å². The lowest BCUT2D eigenvalue weighted by Gasteiger charge is -2.18. The van der Waals surface area contributed by atoms with Gasteiger partial charge in [0.1, 0.15) is 0 Å². The molecule has 2 rings (SSSR count). The van der Waals surface area contributed by atoms with Gasteiger partial charge in [0.2, 0.25) is 0 Å². The third kappa shape index (κ3) is 4.25. The third-order valence-electron chi connectivity index (χ3n) is 3.43. The predicted molar refractivity (Wildman–Crippen MR) is 88.7 cm³/mol. The van der Waals surface area contributed by atoms with Crippen LogP contribution in [-0.4, -0.2) is 45.2 Å². The minimum atomic E-state index is -1.05. The Morgan fingerprint density at radius 1 is 1.04 bits per heavy atom. The van der Waals surface area contributed by atoms with Crippen LogP contribution in [0.1, 0.15) is 15.9 Å². The van der Waals surface area contributed by atoms with E-state index in [4.69, 9.17) is 5.11 Å². The molecule has 0 heterocycles. The number of imide groups is 1. The quantitative estimate of drug-likeness (QED) is 0.629. The van der Waals surface area contributed by atoms with E-state index in [9.17, 15) is 24.6 Å². The number of amides is 3. The molecule has 0 saturated carbocycles. The van der Waals surface area contributed by atoms with Crippen molar-refractivity contribution >= 4 is 23.6 Å². The molecule has 130 valence electrons. The second kappa shape index (κ2) is 7.35. The van der Waals surface area contributed by atoms with E-state index in [-0.39, 0.29) is 23.4 Å². The van der Waals surface area contributed by atoms with Crippen LogP contribution in [0.5, 0.6) is 11.5 Å². The first-order chi connectivity index (χ1) is 11.8. The van der Waals surface area contributed by atoms with Crippen LogP contribution in [0.25, 0.3) is 0 Å². The minimum absolute atomic E-state index is 0.00627. The van der Waals surface area contributed by atoms with Gasteiger partial charge in [0.15, 0.2) is 11.5 Å². The molecule has 0 spiro atoms. The van der Waals surface area contributed by atoms with Gasteiger partial charge in [0.05, 0.1) is 6.42 Å². The summed E-state index contributed by atoms with van der Waals surface area (Å²) >= 11 is 0. The van der Waals surface area contributed by atoms with E-state index in [0.29, 0.717) is 5.56 Å². The van der Waals surface area contributed by atoms with Crippen LogP contribution >= 0.6 is 0 Å². The number of carbonyl (C=O) groups excluding carboxylic acids is 2. The third-order valence-corrected chi connectivity index (χ3v) is 3.43. The number of rotatable bonds is 4. The summed E-state index contributed by atoms with van der Waals surface area (Å²) in [4.78, 5) is 36.2. The molecule has 0 atom stereocenters. The average Bonchev–Trinajstić information content (AvgIpc) is 2.57. The van der Waals surface area contributed by atoms with Gasteiger partial charge in [-0.1, -0.05) is 18.2 Å². The van der Waals surface area contributed by atoms with Gasteiger partial charge >= 0.3 is 12.0 Å². The van der Waals surface area contributed by atoms with E-state index in [0.717, 1.165) is 17.0 Å². The number of anilines is 1. The van der Waals surface area contributed by atoms with Crippen LogP contribution in [0, 0.1) is 0 Å². The molecular weight excluding hydrogens is 328 g/mol. The molecule has 0 radical (unpaired) electrons. The van der Waals surface area contributed by atoms with E-state index in [1.807, 2.05) is 0 Å². The van der Waals surface area contributed by atoms with Crippen molar-refractivity contribution in [3.8, 4) is 11.5 Å². The minimum Gasteiger partial charge on any atom is -0.504 e. The fourth-order valence-corrected chi connectivity index (χ4v) is 2.10. The molecular formula is C17H16N2O6. The number of nitrogens with zero attached hydrogens (tertiary/aromatic N) is 1. The summed E-state index contributed by atoms with van der Waals surface area (Å²) in [6.07, 6.45) is -0.278. The van der Waals surface area contributed by atoms with Crippen molar-refractivity contribution < 1.29 is 29.7 Å². The van der Waals surface area contributed by atoms with Gasteiger partial charge in [-0.25, -0.2) is 4.79 Å². The molecule has 0 saturated heterocycles. The fraction of sp³-hybridized carbons (Fsp3) is 0.118. The van der Waals surface area contributed by atoms with Crippen LogP contribution in [0.3, 0.4) is 0 Å². The number of benzene rings is 2. The zero-order chi connectivity index (χ0) is 18.6. The lowest BCUT2D eigenvalue weighted by atomic mass is 10.1. The Balaban J connectivity index is 2.16. The molecule has 0 bridgehead atoms. The SMILES string of the molecule is CN(C(=O)Nc1ccccc1CC(=O)O)C(=O)c1ccc(O)c(O)c1. The molecule has 4 N–H and O–H groups in total. The maximum Gasteiger partial charge on any atom is 0.328 e. The monoisotopic (exact) mass is 344 g/mol. The van der Waals surface area contributed by atoms with E-state index in [2.05, 4.69) is 5.32 Å². The van der Waals surface area contributed by atoms with Crippen molar-refractivity contribution in [1.29, 1.82) is 0 Å². The predicted octanol–water partition coefficient (Wildman–Crippen LogP) is 2.03. The highest BCUT2D eigenvalue weighted by Gasteiger charge is 2.20. The van der Waals surface area contributed by atoms with Crippen molar-refractivity contribution in [1.82, 2.24) is 4.90 Å². The number of hydrogen-bond acceptors (Lipinski definition) is 5. The molecule has 0 unspecified atom stereocenters.